The van der Waals surface area contributed by atoms with Gasteiger partial charge in [0.25, 0.3) is 0 Å². The van der Waals surface area contributed by atoms with Crippen molar-refractivity contribution in [2.24, 2.45) is 0 Å². The topological polar surface area (TPSA) is 42.4 Å². The highest BCUT2D eigenvalue weighted by Gasteiger charge is 2.08. The Bertz CT molecular complexity index is 538. The highest BCUT2D eigenvalue weighted by Crippen LogP contribution is 2.28. The number of aromatic nitrogens is 1. The third-order valence-corrected chi connectivity index (χ3v) is 2.82. The number of aryl methyl sites for hydroxylation is 2. The SMILES string of the molecule is CCc1ccccc1Oc1cc(C)ncc1CO. The quantitative estimate of drug-likeness (QED) is 0.896. The molecule has 0 aliphatic heterocycles. The third kappa shape index (κ3) is 2.68. The van der Waals surface area contributed by atoms with E-state index in [2.05, 4.69) is 11.9 Å². The van der Waals surface area contributed by atoms with Crippen LogP contribution in [0.25, 0.3) is 0 Å². The van der Waals surface area contributed by atoms with Crippen LogP contribution in [0.4, 0.5) is 0 Å². The highest BCUT2D eigenvalue weighted by atomic mass is 16.5. The molecule has 0 fully saturated rings. The molecule has 18 heavy (non-hydrogen) atoms. The van der Waals surface area contributed by atoms with Crippen LogP contribution in [-0.4, -0.2) is 10.1 Å². The summed E-state index contributed by atoms with van der Waals surface area (Å²) in [5.41, 5.74) is 2.72. The summed E-state index contributed by atoms with van der Waals surface area (Å²) < 4.78 is 5.90. The van der Waals surface area contributed by atoms with Crippen molar-refractivity contribution in [2.45, 2.75) is 26.9 Å². The maximum Gasteiger partial charge on any atom is 0.136 e. The van der Waals surface area contributed by atoms with Gasteiger partial charge in [0, 0.05) is 23.5 Å². The van der Waals surface area contributed by atoms with E-state index in [1.165, 1.54) is 0 Å². The van der Waals surface area contributed by atoms with E-state index >= 15 is 0 Å². The smallest absolute Gasteiger partial charge is 0.136 e. The standard InChI is InChI=1S/C15H17NO2/c1-3-12-6-4-5-7-14(12)18-15-8-11(2)16-9-13(15)10-17/h4-9,17H,3,10H2,1-2H3. The van der Waals surface area contributed by atoms with E-state index in [4.69, 9.17) is 4.74 Å². The number of nitrogens with zero attached hydrogens (tertiary/aromatic N) is 1. The van der Waals surface area contributed by atoms with Gasteiger partial charge in [-0.15, -0.1) is 0 Å². The van der Waals surface area contributed by atoms with Gasteiger partial charge in [0.05, 0.1) is 6.61 Å². The first-order chi connectivity index (χ1) is 8.74. The Hall–Kier alpha value is -1.87. The van der Waals surface area contributed by atoms with Gasteiger partial charge < -0.3 is 9.84 Å². The number of aliphatic hydroxyl groups is 1. The summed E-state index contributed by atoms with van der Waals surface area (Å²) in [6, 6.07) is 9.77. The minimum atomic E-state index is -0.0725. The Kier molecular flexibility index (Phi) is 3.95. The molecule has 2 rings (SSSR count). The van der Waals surface area contributed by atoms with Crippen LogP contribution in [0, 0.1) is 6.92 Å². The number of rotatable bonds is 4. The molecule has 0 bridgehead atoms. The van der Waals surface area contributed by atoms with Crippen LogP contribution in [0.5, 0.6) is 11.5 Å². The molecule has 0 unspecified atom stereocenters. The van der Waals surface area contributed by atoms with E-state index in [1.54, 1.807) is 6.20 Å². The predicted octanol–water partition coefficient (Wildman–Crippen LogP) is 3.24. The van der Waals surface area contributed by atoms with Crippen molar-refractivity contribution in [1.82, 2.24) is 4.98 Å². The maximum atomic E-state index is 9.29. The zero-order valence-corrected chi connectivity index (χ0v) is 10.7. The number of hydrogen-bond donors (Lipinski definition) is 1. The number of para-hydroxylation sites is 1. The van der Waals surface area contributed by atoms with E-state index in [-0.39, 0.29) is 6.61 Å². The fourth-order valence-electron chi connectivity index (χ4n) is 1.79. The molecule has 0 aliphatic rings. The minimum Gasteiger partial charge on any atom is -0.457 e. The lowest BCUT2D eigenvalue weighted by molar-refractivity contribution is 0.276. The molecule has 0 saturated heterocycles. The lowest BCUT2D eigenvalue weighted by Crippen LogP contribution is -1.96. The summed E-state index contributed by atoms with van der Waals surface area (Å²) in [5.74, 6) is 1.51. The summed E-state index contributed by atoms with van der Waals surface area (Å²) in [6.45, 7) is 3.92. The molecule has 0 atom stereocenters. The summed E-state index contributed by atoms with van der Waals surface area (Å²) in [7, 11) is 0. The van der Waals surface area contributed by atoms with Gasteiger partial charge in [-0.2, -0.15) is 0 Å². The first kappa shape index (κ1) is 12.6. The normalized spacial score (nSPS) is 10.4. The van der Waals surface area contributed by atoms with Gasteiger partial charge >= 0.3 is 0 Å². The number of benzene rings is 1. The molecular weight excluding hydrogens is 226 g/mol. The van der Waals surface area contributed by atoms with Crippen LogP contribution in [0.3, 0.4) is 0 Å². The van der Waals surface area contributed by atoms with Crippen molar-refractivity contribution >= 4 is 0 Å². The molecule has 0 aliphatic carbocycles. The minimum absolute atomic E-state index is 0.0725. The largest absolute Gasteiger partial charge is 0.457 e. The molecule has 0 spiro atoms. The van der Waals surface area contributed by atoms with E-state index in [1.807, 2.05) is 37.3 Å². The summed E-state index contributed by atoms with van der Waals surface area (Å²) >= 11 is 0. The van der Waals surface area contributed by atoms with Crippen LogP contribution in [-0.2, 0) is 13.0 Å². The summed E-state index contributed by atoms with van der Waals surface area (Å²) in [4.78, 5) is 4.15. The van der Waals surface area contributed by atoms with Gasteiger partial charge in [0.15, 0.2) is 0 Å². The second-order valence-corrected chi connectivity index (χ2v) is 4.15. The number of aliphatic hydroxyl groups excluding tert-OH is 1. The van der Waals surface area contributed by atoms with Gasteiger partial charge in [0.1, 0.15) is 11.5 Å². The van der Waals surface area contributed by atoms with Crippen molar-refractivity contribution in [3.63, 3.8) is 0 Å². The molecular formula is C15H17NO2. The molecule has 0 radical (unpaired) electrons. The van der Waals surface area contributed by atoms with Crippen LogP contribution in [0.1, 0.15) is 23.7 Å². The molecule has 1 N–H and O–H groups in total. The van der Waals surface area contributed by atoms with Crippen molar-refractivity contribution < 1.29 is 9.84 Å². The monoisotopic (exact) mass is 243 g/mol. The van der Waals surface area contributed by atoms with Crippen LogP contribution in [0.2, 0.25) is 0 Å². The Morgan fingerprint density at radius 3 is 2.67 bits per heavy atom. The van der Waals surface area contributed by atoms with Gasteiger partial charge in [-0.25, -0.2) is 0 Å². The second-order valence-electron chi connectivity index (χ2n) is 4.15. The van der Waals surface area contributed by atoms with E-state index in [9.17, 15) is 5.11 Å². The molecule has 1 aromatic carbocycles. The highest BCUT2D eigenvalue weighted by molar-refractivity contribution is 5.41. The number of hydrogen-bond acceptors (Lipinski definition) is 3. The van der Waals surface area contributed by atoms with Gasteiger partial charge in [-0.05, 0) is 25.0 Å². The number of ether oxygens (including phenoxy) is 1. The Labute approximate surface area is 107 Å². The lowest BCUT2D eigenvalue weighted by Gasteiger charge is -2.12. The Morgan fingerprint density at radius 2 is 1.94 bits per heavy atom. The third-order valence-electron chi connectivity index (χ3n) is 2.82. The van der Waals surface area contributed by atoms with E-state index in [0.29, 0.717) is 11.3 Å². The average Bonchev–Trinajstić information content (AvgIpc) is 2.40. The molecule has 94 valence electrons. The predicted molar refractivity (Wildman–Crippen MR) is 70.8 cm³/mol. The van der Waals surface area contributed by atoms with Crippen LogP contribution < -0.4 is 4.74 Å². The molecule has 2 aromatic rings. The van der Waals surface area contributed by atoms with E-state index in [0.717, 1.165) is 23.4 Å². The lowest BCUT2D eigenvalue weighted by atomic mass is 10.1. The fourth-order valence-corrected chi connectivity index (χ4v) is 1.79. The number of pyridine rings is 1. The van der Waals surface area contributed by atoms with E-state index < -0.39 is 0 Å². The van der Waals surface area contributed by atoms with Crippen molar-refractivity contribution in [1.29, 1.82) is 0 Å². The fraction of sp³-hybridized carbons (Fsp3) is 0.267. The van der Waals surface area contributed by atoms with Gasteiger partial charge in [-0.3, -0.25) is 4.98 Å². The maximum absolute atomic E-state index is 9.29. The van der Waals surface area contributed by atoms with Crippen molar-refractivity contribution in [3.05, 3.63) is 53.3 Å². The van der Waals surface area contributed by atoms with Crippen molar-refractivity contribution in [3.8, 4) is 11.5 Å². The molecule has 0 saturated carbocycles. The molecule has 1 aromatic heterocycles. The zero-order chi connectivity index (χ0) is 13.0. The Morgan fingerprint density at radius 1 is 1.17 bits per heavy atom. The molecule has 0 amide bonds. The van der Waals surface area contributed by atoms with Crippen LogP contribution >= 0.6 is 0 Å². The zero-order valence-electron chi connectivity index (χ0n) is 10.7. The molecule has 3 nitrogen and oxygen atoms in total. The van der Waals surface area contributed by atoms with Gasteiger partial charge in [0.2, 0.25) is 0 Å². The summed E-state index contributed by atoms with van der Waals surface area (Å²) in [6.07, 6.45) is 2.56. The average molecular weight is 243 g/mol. The Balaban J connectivity index is 2.36. The van der Waals surface area contributed by atoms with Crippen LogP contribution in [0.15, 0.2) is 36.5 Å². The first-order valence-corrected chi connectivity index (χ1v) is 6.06. The second kappa shape index (κ2) is 5.65. The van der Waals surface area contributed by atoms with Crippen molar-refractivity contribution in [2.75, 3.05) is 0 Å². The molecule has 3 heteroatoms. The van der Waals surface area contributed by atoms with Gasteiger partial charge in [-0.1, -0.05) is 25.1 Å². The first-order valence-electron chi connectivity index (χ1n) is 6.06. The molecule has 1 heterocycles. The summed E-state index contributed by atoms with van der Waals surface area (Å²) in [5, 5.41) is 9.29.